The van der Waals surface area contributed by atoms with Crippen LogP contribution in [0.2, 0.25) is 0 Å². The number of hydrogen-bond acceptors (Lipinski definition) is 4. The number of carboxylic acids is 1. The van der Waals surface area contributed by atoms with Crippen molar-refractivity contribution in [1.82, 2.24) is 4.72 Å². The third kappa shape index (κ3) is 2.32. The second-order valence-corrected chi connectivity index (χ2v) is 5.71. The predicted molar refractivity (Wildman–Crippen MR) is 63.1 cm³/mol. The van der Waals surface area contributed by atoms with E-state index in [0.29, 0.717) is 18.8 Å². The molecule has 1 aliphatic heterocycles. The van der Waals surface area contributed by atoms with Crippen LogP contribution in [-0.4, -0.2) is 32.1 Å². The van der Waals surface area contributed by atoms with Gasteiger partial charge in [0.1, 0.15) is 16.7 Å². The first-order chi connectivity index (χ1) is 8.42. The maximum Gasteiger partial charge on any atom is 0.321 e. The van der Waals surface area contributed by atoms with Gasteiger partial charge in [-0.05, 0) is 18.6 Å². The molecule has 0 spiro atoms. The molecule has 0 saturated heterocycles. The lowest BCUT2D eigenvalue weighted by Crippen LogP contribution is -2.38. The summed E-state index contributed by atoms with van der Waals surface area (Å²) in [5, 5.41) is 8.73. The first-order valence-corrected chi connectivity index (χ1v) is 6.90. The van der Waals surface area contributed by atoms with E-state index >= 15 is 0 Å². The summed E-state index contributed by atoms with van der Waals surface area (Å²) in [6.07, 6.45) is 0.660. The number of fused-ring (bicyclic) bond motifs is 1. The van der Waals surface area contributed by atoms with Gasteiger partial charge in [-0.3, -0.25) is 4.79 Å². The Kier molecular flexibility index (Phi) is 3.27. The normalized spacial score (nSPS) is 15.8. The van der Waals surface area contributed by atoms with Crippen LogP contribution in [-0.2, 0) is 21.2 Å². The van der Waals surface area contributed by atoms with Crippen LogP contribution in [0.3, 0.4) is 0 Å². The van der Waals surface area contributed by atoms with Crippen molar-refractivity contribution in [2.45, 2.75) is 24.3 Å². The van der Waals surface area contributed by atoms with Crippen molar-refractivity contribution >= 4 is 16.0 Å². The fourth-order valence-electron chi connectivity index (χ4n) is 1.74. The van der Waals surface area contributed by atoms with Crippen LogP contribution in [0.1, 0.15) is 12.5 Å². The average molecular weight is 271 g/mol. The minimum Gasteiger partial charge on any atom is -0.492 e. The summed E-state index contributed by atoms with van der Waals surface area (Å²) >= 11 is 0. The summed E-state index contributed by atoms with van der Waals surface area (Å²) in [4.78, 5) is 10.7. The van der Waals surface area contributed by atoms with E-state index in [1.54, 1.807) is 12.1 Å². The van der Waals surface area contributed by atoms with Crippen molar-refractivity contribution in [3.8, 4) is 5.75 Å². The lowest BCUT2D eigenvalue weighted by molar-refractivity contribution is -0.138. The number of rotatable bonds is 4. The summed E-state index contributed by atoms with van der Waals surface area (Å²) in [6.45, 7) is 1.71. The van der Waals surface area contributed by atoms with Crippen molar-refractivity contribution in [1.29, 1.82) is 0 Å². The fraction of sp³-hybridized carbons (Fsp3) is 0.364. The maximum atomic E-state index is 12.1. The zero-order chi connectivity index (χ0) is 13.3. The fourth-order valence-corrected chi connectivity index (χ4v) is 3.13. The van der Waals surface area contributed by atoms with Gasteiger partial charge in [-0.2, -0.15) is 4.72 Å². The van der Waals surface area contributed by atoms with E-state index in [0.717, 1.165) is 5.56 Å². The summed E-state index contributed by atoms with van der Waals surface area (Å²) in [6, 6.07) is 3.63. The Bertz CT molecular complexity index is 581. The molecule has 1 aromatic rings. The monoisotopic (exact) mass is 271 g/mol. The minimum atomic E-state index is -3.89. The first kappa shape index (κ1) is 12.8. The molecule has 18 heavy (non-hydrogen) atoms. The Balaban J connectivity index is 2.37. The molecule has 0 amide bonds. The average Bonchev–Trinajstić information content (AvgIpc) is 2.75. The van der Waals surface area contributed by atoms with Gasteiger partial charge in [0.25, 0.3) is 0 Å². The number of carbonyl (C=O) groups is 1. The number of nitrogens with one attached hydrogen (secondary N) is 1. The van der Waals surface area contributed by atoms with Gasteiger partial charge in [0.15, 0.2) is 0 Å². The van der Waals surface area contributed by atoms with Crippen LogP contribution in [0.4, 0.5) is 0 Å². The molecule has 0 saturated carbocycles. The van der Waals surface area contributed by atoms with Gasteiger partial charge in [-0.25, -0.2) is 8.42 Å². The quantitative estimate of drug-likeness (QED) is 0.825. The molecule has 2 rings (SSSR count). The molecule has 0 radical (unpaired) electrons. The summed E-state index contributed by atoms with van der Waals surface area (Å²) < 4.78 is 31.5. The van der Waals surface area contributed by atoms with Crippen LogP contribution >= 0.6 is 0 Å². The maximum absolute atomic E-state index is 12.1. The Morgan fingerprint density at radius 2 is 2.22 bits per heavy atom. The van der Waals surface area contributed by atoms with Crippen LogP contribution < -0.4 is 9.46 Å². The molecule has 0 aliphatic carbocycles. The molecule has 1 aliphatic rings. The Hall–Kier alpha value is -1.60. The Labute approximate surface area is 105 Å². The molecular formula is C11H13NO5S. The zero-order valence-corrected chi connectivity index (χ0v) is 10.5. The lowest BCUT2D eigenvalue weighted by atomic mass is 10.2. The van der Waals surface area contributed by atoms with Gasteiger partial charge < -0.3 is 9.84 Å². The lowest BCUT2D eigenvalue weighted by Gasteiger charge is -2.12. The summed E-state index contributed by atoms with van der Waals surface area (Å²) in [7, 11) is -3.89. The molecule has 1 heterocycles. The molecule has 0 fully saturated rings. The molecule has 7 heteroatoms. The molecule has 1 atom stereocenters. The van der Waals surface area contributed by atoms with Crippen molar-refractivity contribution in [2.75, 3.05) is 6.61 Å². The number of ether oxygens (including phenoxy) is 1. The van der Waals surface area contributed by atoms with Crippen molar-refractivity contribution in [3.63, 3.8) is 0 Å². The Morgan fingerprint density at radius 3 is 2.89 bits per heavy atom. The smallest absolute Gasteiger partial charge is 0.321 e. The van der Waals surface area contributed by atoms with E-state index in [4.69, 9.17) is 9.84 Å². The van der Waals surface area contributed by atoms with Gasteiger partial charge in [-0.1, -0.05) is 12.1 Å². The van der Waals surface area contributed by atoms with Crippen molar-refractivity contribution in [3.05, 3.63) is 23.8 Å². The highest BCUT2D eigenvalue weighted by atomic mass is 32.2. The number of benzene rings is 1. The number of carboxylic acid groups (broad SMARTS) is 1. The van der Waals surface area contributed by atoms with Crippen LogP contribution in [0.15, 0.2) is 23.1 Å². The number of aliphatic carboxylic acids is 1. The van der Waals surface area contributed by atoms with Crippen LogP contribution in [0, 0.1) is 0 Å². The van der Waals surface area contributed by atoms with Gasteiger partial charge in [-0.15, -0.1) is 0 Å². The molecular weight excluding hydrogens is 258 g/mol. The molecule has 0 aromatic heterocycles. The van der Waals surface area contributed by atoms with Gasteiger partial charge >= 0.3 is 5.97 Å². The molecule has 1 aromatic carbocycles. The zero-order valence-electron chi connectivity index (χ0n) is 9.71. The number of sulfonamides is 1. The molecule has 0 bridgehead atoms. The van der Waals surface area contributed by atoms with Crippen molar-refractivity contribution < 1.29 is 23.1 Å². The third-order valence-corrected chi connectivity index (χ3v) is 4.23. The first-order valence-electron chi connectivity index (χ1n) is 5.41. The van der Waals surface area contributed by atoms with Crippen LogP contribution in [0.5, 0.6) is 5.75 Å². The highest BCUT2D eigenvalue weighted by Gasteiger charge is 2.27. The largest absolute Gasteiger partial charge is 0.492 e. The number of hydrogen-bond donors (Lipinski definition) is 2. The van der Waals surface area contributed by atoms with E-state index in [-0.39, 0.29) is 4.90 Å². The molecule has 2 N–H and O–H groups in total. The highest BCUT2D eigenvalue weighted by Crippen LogP contribution is 2.32. The second kappa shape index (κ2) is 4.58. The van der Waals surface area contributed by atoms with Crippen LogP contribution in [0.25, 0.3) is 0 Å². The van der Waals surface area contributed by atoms with E-state index in [1.807, 2.05) is 0 Å². The second-order valence-electron chi connectivity index (χ2n) is 4.02. The predicted octanol–water partition coefficient (Wildman–Crippen LogP) is 0.373. The van der Waals surface area contributed by atoms with E-state index in [1.165, 1.54) is 13.0 Å². The Morgan fingerprint density at radius 1 is 1.50 bits per heavy atom. The topological polar surface area (TPSA) is 92.7 Å². The van der Waals surface area contributed by atoms with E-state index in [2.05, 4.69) is 4.72 Å². The molecule has 1 unspecified atom stereocenters. The SMILES string of the molecule is CC(NS(=O)(=O)c1cccc2c1OCC2)C(=O)O. The van der Waals surface area contributed by atoms with Gasteiger partial charge in [0.2, 0.25) is 10.0 Å². The minimum absolute atomic E-state index is 0.00870. The molecule has 6 nitrogen and oxygen atoms in total. The number of para-hydroxylation sites is 1. The van der Waals surface area contributed by atoms with Crippen molar-refractivity contribution in [2.24, 2.45) is 0 Å². The third-order valence-electron chi connectivity index (χ3n) is 2.67. The standard InChI is InChI=1S/C11H13NO5S/c1-7(11(13)14)12-18(15,16)9-4-2-3-8-5-6-17-10(8)9/h2-4,7,12H,5-6H2,1H3,(H,13,14). The van der Waals surface area contributed by atoms with E-state index < -0.39 is 22.0 Å². The van der Waals surface area contributed by atoms with E-state index in [9.17, 15) is 13.2 Å². The van der Waals surface area contributed by atoms with Gasteiger partial charge in [0.05, 0.1) is 6.61 Å². The molecule has 98 valence electrons. The van der Waals surface area contributed by atoms with Gasteiger partial charge in [0, 0.05) is 6.42 Å². The summed E-state index contributed by atoms with van der Waals surface area (Å²) in [5.74, 6) is -0.908. The summed E-state index contributed by atoms with van der Waals surface area (Å²) in [5.41, 5.74) is 0.820. The highest BCUT2D eigenvalue weighted by molar-refractivity contribution is 7.89.